The van der Waals surface area contributed by atoms with Gasteiger partial charge in [-0.3, -0.25) is 4.72 Å². The summed E-state index contributed by atoms with van der Waals surface area (Å²) in [5, 5.41) is 3.47. The Morgan fingerprint density at radius 2 is 1.90 bits per heavy atom. The minimum atomic E-state index is -3.23. The van der Waals surface area contributed by atoms with Crippen LogP contribution in [0, 0.1) is 0 Å². The number of fused-ring (bicyclic) bond motifs is 1. The minimum absolute atomic E-state index is 0.275. The Morgan fingerprint density at radius 1 is 1.24 bits per heavy atom. The van der Waals surface area contributed by atoms with Gasteiger partial charge in [0.2, 0.25) is 10.0 Å². The van der Waals surface area contributed by atoms with Crippen molar-refractivity contribution in [2.45, 2.75) is 18.9 Å². The van der Waals surface area contributed by atoms with Crippen molar-refractivity contribution < 1.29 is 8.42 Å². The zero-order chi connectivity index (χ0) is 15.0. The van der Waals surface area contributed by atoms with Gasteiger partial charge in [0, 0.05) is 16.3 Å². The Bertz CT molecular complexity index is 754. The second-order valence-corrected chi connectivity index (χ2v) is 8.63. The first-order chi connectivity index (χ1) is 9.90. The van der Waals surface area contributed by atoms with E-state index in [0.717, 1.165) is 29.1 Å². The maximum Gasteiger partial charge on any atom is 0.229 e. The van der Waals surface area contributed by atoms with Gasteiger partial charge < -0.3 is 5.32 Å². The highest BCUT2D eigenvalue weighted by molar-refractivity contribution is 7.92. The van der Waals surface area contributed by atoms with E-state index in [1.54, 1.807) is 23.5 Å². The molecule has 21 heavy (non-hydrogen) atoms. The minimum Gasteiger partial charge on any atom is -0.378 e. The molecule has 0 saturated heterocycles. The molecule has 0 saturated carbocycles. The Morgan fingerprint density at radius 3 is 2.57 bits per heavy atom. The summed E-state index contributed by atoms with van der Waals surface area (Å²) < 4.78 is 25.6. The first-order valence-corrected chi connectivity index (χ1v) is 9.62. The standard InChI is InChI=1S/C14H15ClN2O2S2/c1-21(18,19)17-10-4-2-9(3-5-10)16-12-6-7-13-11(12)8-14(15)20-13/h2-5,8,12,16-17H,6-7H2,1H3. The molecule has 1 atom stereocenters. The Hall–Kier alpha value is -1.24. The number of nitrogens with one attached hydrogen (secondary N) is 2. The molecular formula is C14H15ClN2O2S2. The lowest BCUT2D eigenvalue weighted by molar-refractivity contribution is 0.607. The van der Waals surface area contributed by atoms with Crippen LogP contribution in [0.2, 0.25) is 4.34 Å². The van der Waals surface area contributed by atoms with Crippen LogP contribution >= 0.6 is 22.9 Å². The molecule has 0 spiro atoms. The number of aryl methyl sites for hydroxylation is 1. The molecular weight excluding hydrogens is 328 g/mol. The van der Waals surface area contributed by atoms with Crippen LogP contribution in [-0.2, 0) is 16.4 Å². The van der Waals surface area contributed by atoms with Gasteiger partial charge in [0.1, 0.15) is 0 Å². The molecule has 7 heteroatoms. The number of sulfonamides is 1. The number of benzene rings is 1. The van der Waals surface area contributed by atoms with E-state index in [9.17, 15) is 8.42 Å². The van der Waals surface area contributed by atoms with Crippen molar-refractivity contribution in [2.75, 3.05) is 16.3 Å². The number of hydrogen-bond donors (Lipinski definition) is 2. The maximum atomic E-state index is 11.2. The average Bonchev–Trinajstić information content (AvgIpc) is 2.91. The highest BCUT2D eigenvalue weighted by atomic mass is 35.5. The summed E-state index contributed by atoms with van der Waals surface area (Å²) in [5.41, 5.74) is 2.81. The van der Waals surface area contributed by atoms with Gasteiger partial charge in [0.25, 0.3) is 0 Å². The van der Waals surface area contributed by atoms with Crippen LogP contribution in [0.3, 0.4) is 0 Å². The first kappa shape index (κ1) is 14.7. The fourth-order valence-electron chi connectivity index (χ4n) is 2.53. The molecule has 112 valence electrons. The number of rotatable bonds is 4. The molecule has 0 bridgehead atoms. The summed E-state index contributed by atoms with van der Waals surface area (Å²) in [6.07, 6.45) is 3.25. The molecule has 1 heterocycles. The summed E-state index contributed by atoms with van der Waals surface area (Å²) in [4.78, 5) is 1.35. The molecule has 0 aliphatic heterocycles. The third-order valence-electron chi connectivity index (χ3n) is 3.38. The average molecular weight is 343 g/mol. The largest absolute Gasteiger partial charge is 0.378 e. The third kappa shape index (κ3) is 3.51. The van der Waals surface area contributed by atoms with Crippen molar-refractivity contribution in [1.29, 1.82) is 0 Å². The summed E-state index contributed by atoms with van der Waals surface area (Å²) in [6.45, 7) is 0. The van der Waals surface area contributed by atoms with Gasteiger partial charge in [-0.25, -0.2) is 8.42 Å². The molecule has 1 aromatic carbocycles. The van der Waals surface area contributed by atoms with E-state index >= 15 is 0 Å². The molecule has 1 aliphatic rings. The molecule has 4 nitrogen and oxygen atoms in total. The summed E-state index contributed by atoms with van der Waals surface area (Å²) in [7, 11) is -3.23. The van der Waals surface area contributed by atoms with Gasteiger partial charge in [0.05, 0.1) is 16.6 Å². The van der Waals surface area contributed by atoms with Crippen LogP contribution in [0.1, 0.15) is 22.9 Å². The van der Waals surface area contributed by atoms with Gasteiger partial charge >= 0.3 is 0 Å². The smallest absolute Gasteiger partial charge is 0.229 e. The molecule has 3 rings (SSSR count). The van der Waals surface area contributed by atoms with Gasteiger partial charge in [-0.2, -0.15) is 0 Å². The molecule has 1 unspecified atom stereocenters. The van der Waals surface area contributed by atoms with Crippen molar-refractivity contribution in [3.63, 3.8) is 0 Å². The summed E-state index contributed by atoms with van der Waals surface area (Å²) >= 11 is 7.70. The molecule has 2 N–H and O–H groups in total. The molecule has 1 aromatic heterocycles. The predicted octanol–water partition coefficient (Wildman–Crippen LogP) is 3.87. The predicted molar refractivity (Wildman–Crippen MR) is 88.9 cm³/mol. The van der Waals surface area contributed by atoms with E-state index < -0.39 is 10.0 Å². The normalized spacial score (nSPS) is 17.5. The first-order valence-electron chi connectivity index (χ1n) is 6.53. The van der Waals surface area contributed by atoms with Crippen LogP contribution in [0.15, 0.2) is 30.3 Å². The van der Waals surface area contributed by atoms with Crippen molar-refractivity contribution in [3.8, 4) is 0 Å². The van der Waals surface area contributed by atoms with E-state index in [1.807, 2.05) is 18.2 Å². The Kier molecular flexibility index (Phi) is 3.86. The van der Waals surface area contributed by atoms with Gasteiger partial charge in [-0.15, -0.1) is 11.3 Å². The van der Waals surface area contributed by atoms with E-state index in [4.69, 9.17) is 11.6 Å². The molecule has 0 fully saturated rings. The fourth-order valence-corrected chi connectivity index (χ4v) is 4.45. The fraction of sp³-hybridized carbons (Fsp3) is 0.286. The van der Waals surface area contributed by atoms with Crippen LogP contribution in [0.4, 0.5) is 11.4 Å². The van der Waals surface area contributed by atoms with Crippen LogP contribution in [0.25, 0.3) is 0 Å². The highest BCUT2D eigenvalue weighted by Crippen LogP contribution is 2.40. The Labute approximate surface area is 133 Å². The molecule has 1 aliphatic carbocycles. The zero-order valence-corrected chi connectivity index (χ0v) is 13.8. The van der Waals surface area contributed by atoms with Crippen molar-refractivity contribution in [1.82, 2.24) is 0 Å². The second-order valence-electron chi connectivity index (χ2n) is 5.12. The topological polar surface area (TPSA) is 58.2 Å². The summed E-state index contributed by atoms with van der Waals surface area (Å²) in [5.74, 6) is 0. The lowest BCUT2D eigenvalue weighted by Gasteiger charge is -2.15. The van der Waals surface area contributed by atoms with Crippen LogP contribution < -0.4 is 10.0 Å². The summed E-state index contributed by atoms with van der Waals surface area (Å²) in [6, 6.07) is 9.56. The lowest BCUT2D eigenvalue weighted by Crippen LogP contribution is -2.10. The number of anilines is 2. The third-order valence-corrected chi connectivity index (χ3v) is 5.32. The van der Waals surface area contributed by atoms with Gasteiger partial charge in [0.15, 0.2) is 0 Å². The van der Waals surface area contributed by atoms with Gasteiger partial charge in [-0.1, -0.05) is 11.6 Å². The Balaban J connectivity index is 1.72. The van der Waals surface area contributed by atoms with Crippen molar-refractivity contribution in [3.05, 3.63) is 45.1 Å². The van der Waals surface area contributed by atoms with Gasteiger partial charge in [-0.05, 0) is 48.7 Å². The number of thiophene rings is 1. The molecule has 2 aromatic rings. The van der Waals surface area contributed by atoms with E-state index in [0.29, 0.717) is 5.69 Å². The van der Waals surface area contributed by atoms with Crippen LogP contribution in [0.5, 0.6) is 0 Å². The van der Waals surface area contributed by atoms with Crippen LogP contribution in [-0.4, -0.2) is 14.7 Å². The zero-order valence-electron chi connectivity index (χ0n) is 11.4. The van der Waals surface area contributed by atoms with Crippen molar-refractivity contribution in [2.24, 2.45) is 0 Å². The highest BCUT2D eigenvalue weighted by Gasteiger charge is 2.24. The number of hydrogen-bond acceptors (Lipinski definition) is 4. The molecule has 0 amide bonds. The molecule has 0 radical (unpaired) electrons. The lowest BCUT2D eigenvalue weighted by atomic mass is 10.1. The SMILES string of the molecule is CS(=O)(=O)Nc1ccc(NC2CCc3sc(Cl)cc32)cc1. The monoisotopic (exact) mass is 342 g/mol. The van der Waals surface area contributed by atoms with E-state index in [1.165, 1.54) is 10.4 Å². The van der Waals surface area contributed by atoms with Crippen molar-refractivity contribution >= 4 is 44.3 Å². The quantitative estimate of drug-likeness (QED) is 0.886. The maximum absolute atomic E-state index is 11.2. The number of halogens is 1. The second kappa shape index (κ2) is 5.51. The van der Waals surface area contributed by atoms with E-state index in [2.05, 4.69) is 10.0 Å². The van der Waals surface area contributed by atoms with E-state index in [-0.39, 0.29) is 6.04 Å².